The number of benzene rings is 1. The molecule has 1 rings (SSSR count). The number of aliphatic hydroxyl groups is 1. The predicted octanol–water partition coefficient (Wildman–Crippen LogP) is 0.800. The molecule has 0 saturated carbocycles. The van der Waals surface area contributed by atoms with E-state index < -0.39 is 17.8 Å². The van der Waals surface area contributed by atoms with Crippen LogP contribution < -0.4 is 10.6 Å². The molecule has 0 unspecified atom stereocenters. The van der Waals surface area contributed by atoms with Gasteiger partial charge in [0.05, 0.1) is 18.3 Å². The number of halogens is 1. The lowest BCUT2D eigenvalue weighted by Crippen LogP contribution is -2.31. The van der Waals surface area contributed by atoms with Crippen LogP contribution in [-0.4, -0.2) is 24.6 Å². The summed E-state index contributed by atoms with van der Waals surface area (Å²) in [5.41, 5.74) is 5.68. The molecule has 0 aromatic heterocycles. The zero-order valence-corrected chi connectivity index (χ0v) is 9.27. The van der Waals surface area contributed by atoms with Gasteiger partial charge in [-0.25, -0.2) is 4.39 Å². The number of para-hydroxylation sites is 1. The fourth-order valence-corrected chi connectivity index (χ4v) is 1.58. The van der Waals surface area contributed by atoms with Gasteiger partial charge in [0.1, 0.15) is 5.82 Å². The standard InChI is InChI=1S/C11H15FN2O2/c1-7(15)8-4-3-5-9(12)11(8)14(2)6-10(13)16/h3-5,7,15H,6H2,1-2H3,(H2,13,16)/t7-/m1/s1. The number of nitrogens with zero attached hydrogens (tertiary/aromatic N) is 1. The molecule has 0 saturated heterocycles. The van der Waals surface area contributed by atoms with E-state index in [-0.39, 0.29) is 12.2 Å². The van der Waals surface area contributed by atoms with Gasteiger partial charge in [-0.15, -0.1) is 0 Å². The summed E-state index contributed by atoms with van der Waals surface area (Å²) in [6, 6.07) is 4.40. The molecule has 16 heavy (non-hydrogen) atoms. The van der Waals surface area contributed by atoms with Gasteiger partial charge in [-0.05, 0) is 13.0 Å². The molecule has 0 bridgehead atoms. The Hall–Kier alpha value is -1.62. The lowest BCUT2D eigenvalue weighted by atomic mass is 10.1. The maximum atomic E-state index is 13.6. The largest absolute Gasteiger partial charge is 0.389 e. The number of anilines is 1. The van der Waals surface area contributed by atoms with Crippen LogP contribution in [0.3, 0.4) is 0 Å². The number of hydrogen-bond acceptors (Lipinski definition) is 3. The molecular formula is C11H15FN2O2. The maximum absolute atomic E-state index is 13.6. The van der Waals surface area contributed by atoms with Gasteiger partial charge in [-0.2, -0.15) is 0 Å². The Labute approximate surface area is 93.5 Å². The lowest BCUT2D eigenvalue weighted by molar-refractivity contribution is -0.116. The minimum absolute atomic E-state index is 0.0966. The molecule has 1 aromatic carbocycles. The van der Waals surface area contributed by atoms with E-state index in [0.717, 1.165) is 0 Å². The highest BCUT2D eigenvalue weighted by Gasteiger charge is 2.16. The van der Waals surface area contributed by atoms with Crippen molar-refractivity contribution >= 4 is 11.6 Å². The summed E-state index contributed by atoms with van der Waals surface area (Å²) in [5.74, 6) is -1.04. The zero-order valence-electron chi connectivity index (χ0n) is 9.27. The van der Waals surface area contributed by atoms with E-state index in [1.165, 1.54) is 24.0 Å². The topological polar surface area (TPSA) is 66.6 Å². The summed E-state index contributed by atoms with van der Waals surface area (Å²) in [6.45, 7) is 1.44. The summed E-state index contributed by atoms with van der Waals surface area (Å²) in [6.07, 6.45) is -0.805. The maximum Gasteiger partial charge on any atom is 0.236 e. The summed E-state index contributed by atoms with van der Waals surface area (Å²) >= 11 is 0. The van der Waals surface area contributed by atoms with E-state index in [1.54, 1.807) is 13.1 Å². The van der Waals surface area contributed by atoms with Crippen molar-refractivity contribution in [2.75, 3.05) is 18.5 Å². The van der Waals surface area contributed by atoms with Crippen molar-refractivity contribution in [2.24, 2.45) is 5.73 Å². The summed E-state index contributed by atoms with van der Waals surface area (Å²) in [4.78, 5) is 12.2. The molecule has 0 fully saturated rings. The lowest BCUT2D eigenvalue weighted by Gasteiger charge is -2.22. The highest BCUT2D eigenvalue weighted by atomic mass is 19.1. The fraction of sp³-hybridized carbons (Fsp3) is 0.364. The van der Waals surface area contributed by atoms with E-state index in [2.05, 4.69) is 0 Å². The number of rotatable bonds is 4. The average molecular weight is 226 g/mol. The second-order valence-corrected chi connectivity index (χ2v) is 3.68. The number of primary amides is 1. The Kier molecular flexibility index (Phi) is 3.84. The molecule has 0 aliphatic carbocycles. The van der Waals surface area contributed by atoms with Gasteiger partial charge in [0.15, 0.2) is 0 Å². The third-order valence-electron chi connectivity index (χ3n) is 2.24. The van der Waals surface area contributed by atoms with Crippen LogP contribution in [0.15, 0.2) is 18.2 Å². The highest BCUT2D eigenvalue weighted by molar-refractivity contribution is 5.79. The Morgan fingerprint density at radius 2 is 2.25 bits per heavy atom. The number of likely N-dealkylation sites (N-methyl/N-ethyl adjacent to an activating group) is 1. The van der Waals surface area contributed by atoms with Crippen molar-refractivity contribution in [3.63, 3.8) is 0 Å². The van der Waals surface area contributed by atoms with Gasteiger partial charge in [-0.3, -0.25) is 4.79 Å². The van der Waals surface area contributed by atoms with Crippen LogP contribution in [-0.2, 0) is 4.79 Å². The number of hydrogen-bond donors (Lipinski definition) is 2. The Morgan fingerprint density at radius 1 is 1.62 bits per heavy atom. The van der Waals surface area contributed by atoms with Crippen LogP contribution in [0.4, 0.5) is 10.1 Å². The Balaban J connectivity index is 3.14. The van der Waals surface area contributed by atoms with Gasteiger partial charge < -0.3 is 15.7 Å². The SMILES string of the molecule is C[C@@H](O)c1cccc(F)c1N(C)CC(N)=O. The molecule has 3 N–H and O–H groups in total. The van der Waals surface area contributed by atoms with Crippen molar-refractivity contribution in [2.45, 2.75) is 13.0 Å². The quantitative estimate of drug-likeness (QED) is 0.798. The molecule has 88 valence electrons. The van der Waals surface area contributed by atoms with E-state index in [0.29, 0.717) is 5.56 Å². The summed E-state index contributed by atoms with van der Waals surface area (Å²) in [7, 11) is 1.55. The Bertz CT molecular complexity index is 394. The van der Waals surface area contributed by atoms with Gasteiger partial charge in [0.25, 0.3) is 0 Å². The molecule has 5 heteroatoms. The summed E-state index contributed by atoms with van der Waals surface area (Å²) < 4.78 is 13.6. The van der Waals surface area contributed by atoms with Gasteiger partial charge in [0.2, 0.25) is 5.91 Å². The highest BCUT2D eigenvalue weighted by Crippen LogP contribution is 2.28. The van der Waals surface area contributed by atoms with E-state index in [1.807, 2.05) is 0 Å². The molecule has 0 heterocycles. The van der Waals surface area contributed by atoms with E-state index >= 15 is 0 Å². The van der Waals surface area contributed by atoms with Crippen molar-refractivity contribution in [3.8, 4) is 0 Å². The van der Waals surface area contributed by atoms with Crippen molar-refractivity contribution in [1.82, 2.24) is 0 Å². The molecule has 0 spiro atoms. The summed E-state index contributed by atoms with van der Waals surface area (Å²) in [5, 5.41) is 9.50. The monoisotopic (exact) mass is 226 g/mol. The number of amides is 1. The fourth-order valence-electron chi connectivity index (χ4n) is 1.58. The molecule has 1 aromatic rings. The molecule has 4 nitrogen and oxygen atoms in total. The Morgan fingerprint density at radius 3 is 2.75 bits per heavy atom. The molecule has 0 aliphatic heterocycles. The van der Waals surface area contributed by atoms with Gasteiger partial charge in [0, 0.05) is 12.6 Å². The predicted molar refractivity (Wildman–Crippen MR) is 59.5 cm³/mol. The first-order valence-corrected chi connectivity index (χ1v) is 4.89. The number of nitrogens with two attached hydrogens (primary N) is 1. The first-order valence-electron chi connectivity index (χ1n) is 4.89. The number of aliphatic hydroxyl groups excluding tert-OH is 1. The molecule has 0 aliphatic rings. The number of carbonyl (C=O) groups excluding carboxylic acids is 1. The zero-order chi connectivity index (χ0) is 12.3. The normalized spacial score (nSPS) is 12.2. The van der Waals surface area contributed by atoms with Crippen molar-refractivity contribution in [1.29, 1.82) is 0 Å². The van der Waals surface area contributed by atoms with Crippen LogP contribution in [0, 0.1) is 5.82 Å². The third kappa shape index (κ3) is 2.70. The van der Waals surface area contributed by atoms with Crippen LogP contribution in [0.1, 0.15) is 18.6 Å². The van der Waals surface area contributed by atoms with Crippen molar-refractivity contribution < 1.29 is 14.3 Å². The molecule has 1 atom stereocenters. The third-order valence-corrected chi connectivity index (χ3v) is 2.24. The van der Waals surface area contributed by atoms with Crippen LogP contribution >= 0.6 is 0 Å². The average Bonchev–Trinajstić information content (AvgIpc) is 2.15. The second kappa shape index (κ2) is 4.94. The molecule has 1 amide bonds. The molecule has 0 radical (unpaired) electrons. The first kappa shape index (κ1) is 12.4. The number of carbonyl (C=O) groups is 1. The first-order chi connectivity index (χ1) is 7.43. The van der Waals surface area contributed by atoms with Crippen LogP contribution in [0.25, 0.3) is 0 Å². The van der Waals surface area contributed by atoms with Gasteiger partial charge in [-0.1, -0.05) is 12.1 Å². The minimum atomic E-state index is -0.805. The van der Waals surface area contributed by atoms with Crippen LogP contribution in [0.2, 0.25) is 0 Å². The molecular weight excluding hydrogens is 211 g/mol. The van der Waals surface area contributed by atoms with E-state index in [4.69, 9.17) is 5.73 Å². The van der Waals surface area contributed by atoms with Gasteiger partial charge >= 0.3 is 0 Å². The van der Waals surface area contributed by atoms with E-state index in [9.17, 15) is 14.3 Å². The van der Waals surface area contributed by atoms with Crippen molar-refractivity contribution in [3.05, 3.63) is 29.6 Å². The van der Waals surface area contributed by atoms with Crippen LogP contribution in [0.5, 0.6) is 0 Å². The second-order valence-electron chi connectivity index (χ2n) is 3.68. The smallest absolute Gasteiger partial charge is 0.236 e. The minimum Gasteiger partial charge on any atom is -0.389 e.